The van der Waals surface area contributed by atoms with Crippen LogP contribution in [0.5, 0.6) is 0 Å². The fraction of sp³-hybridized carbons (Fsp3) is 0.522. The number of hydrogen-bond acceptors (Lipinski definition) is 5. The van der Waals surface area contributed by atoms with E-state index in [2.05, 4.69) is 24.1 Å². The SMILES string of the molecule is CCC(=O)N1CCN(c2nc3c(s2)C[C@@H](C(=O)Nc2ccc(C)c(C)c2)CC3)CC1. The van der Waals surface area contributed by atoms with Gasteiger partial charge in [-0.25, -0.2) is 4.98 Å². The van der Waals surface area contributed by atoms with Crippen LogP contribution in [-0.2, 0) is 22.4 Å². The first kappa shape index (κ1) is 20.8. The van der Waals surface area contributed by atoms with Crippen LogP contribution in [0, 0.1) is 19.8 Å². The van der Waals surface area contributed by atoms with Crippen molar-refractivity contribution in [3.05, 3.63) is 39.9 Å². The quantitative estimate of drug-likeness (QED) is 0.812. The fourth-order valence-corrected chi connectivity index (χ4v) is 5.39. The number of anilines is 2. The topological polar surface area (TPSA) is 65.5 Å². The number of amides is 2. The van der Waals surface area contributed by atoms with Gasteiger partial charge >= 0.3 is 0 Å². The Morgan fingerprint density at radius 2 is 1.93 bits per heavy atom. The van der Waals surface area contributed by atoms with Crippen molar-refractivity contribution in [2.45, 2.75) is 46.5 Å². The second kappa shape index (κ2) is 8.76. The average Bonchev–Trinajstić information content (AvgIpc) is 3.19. The van der Waals surface area contributed by atoms with Crippen LogP contribution in [-0.4, -0.2) is 47.9 Å². The Labute approximate surface area is 182 Å². The highest BCUT2D eigenvalue weighted by molar-refractivity contribution is 7.15. The predicted molar refractivity (Wildman–Crippen MR) is 121 cm³/mol. The summed E-state index contributed by atoms with van der Waals surface area (Å²) in [4.78, 5) is 35.1. The normalized spacial score (nSPS) is 18.8. The highest BCUT2D eigenvalue weighted by Crippen LogP contribution is 2.35. The van der Waals surface area contributed by atoms with Gasteiger partial charge in [-0.3, -0.25) is 9.59 Å². The molecule has 1 fully saturated rings. The second-order valence-electron chi connectivity index (χ2n) is 8.32. The Hall–Kier alpha value is -2.41. The molecule has 1 aromatic heterocycles. The maximum absolute atomic E-state index is 12.8. The lowest BCUT2D eigenvalue weighted by Crippen LogP contribution is -2.48. The first-order valence-electron chi connectivity index (χ1n) is 10.8. The van der Waals surface area contributed by atoms with Gasteiger partial charge in [0.05, 0.1) is 5.69 Å². The van der Waals surface area contributed by atoms with Gasteiger partial charge in [0.15, 0.2) is 5.13 Å². The minimum atomic E-state index is -0.00793. The van der Waals surface area contributed by atoms with E-state index in [1.807, 2.05) is 30.0 Å². The Balaban J connectivity index is 1.37. The molecule has 2 heterocycles. The van der Waals surface area contributed by atoms with Gasteiger partial charge in [0.25, 0.3) is 0 Å². The molecule has 6 nitrogen and oxygen atoms in total. The van der Waals surface area contributed by atoms with Gasteiger partial charge in [-0.1, -0.05) is 13.0 Å². The number of piperazine rings is 1. The zero-order valence-electron chi connectivity index (χ0n) is 18.0. The van der Waals surface area contributed by atoms with Gasteiger partial charge < -0.3 is 15.1 Å². The maximum Gasteiger partial charge on any atom is 0.227 e. The largest absolute Gasteiger partial charge is 0.345 e. The lowest BCUT2D eigenvalue weighted by molar-refractivity contribution is -0.131. The number of thiazole rings is 1. The molecule has 2 amide bonds. The first-order chi connectivity index (χ1) is 14.4. The Kier molecular flexibility index (Phi) is 6.09. The van der Waals surface area contributed by atoms with Gasteiger partial charge in [0, 0.05) is 49.1 Å². The number of fused-ring (bicyclic) bond motifs is 1. The van der Waals surface area contributed by atoms with Crippen LogP contribution in [0.1, 0.15) is 41.5 Å². The van der Waals surface area contributed by atoms with Crippen LogP contribution in [0.4, 0.5) is 10.8 Å². The van der Waals surface area contributed by atoms with Crippen molar-refractivity contribution < 1.29 is 9.59 Å². The number of nitrogens with zero attached hydrogens (tertiary/aromatic N) is 3. The molecule has 2 aromatic rings. The smallest absolute Gasteiger partial charge is 0.227 e. The van der Waals surface area contributed by atoms with E-state index in [4.69, 9.17) is 4.98 Å². The standard InChI is InChI=1S/C23H30N4O2S/c1-4-21(28)26-9-11-27(12-10-26)23-25-19-8-6-17(14-20(19)30-23)22(29)24-18-7-5-15(2)16(3)13-18/h5,7,13,17H,4,6,8-12,14H2,1-3H3,(H,24,29)/t17-/m0/s1. The second-order valence-corrected chi connectivity index (χ2v) is 9.38. The molecule has 7 heteroatoms. The van der Waals surface area contributed by atoms with Crippen molar-refractivity contribution in [2.75, 3.05) is 36.4 Å². The number of rotatable bonds is 4. The molecule has 0 saturated carbocycles. The number of carbonyl (C=O) groups excluding carboxylic acids is 2. The number of nitrogens with one attached hydrogen (secondary N) is 1. The van der Waals surface area contributed by atoms with Crippen LogP contribution in [0.3, 0.4) is 0 Å². The number of aryl methyl sites for hydroxylation is 3. The molecule has 0 spiro atoms. The Bertz CT molecular complexity index is 947. The van der Waals surface area contributed by atoms with Crippen molar-refractivity contribution in [1.82, 2.24) is 9.88 Å². The predicted octanol–water partition coefficient (Wildman–Crippen LogP) is 3.56. The molecule has 1 aliphatic carbocycles. The van der Waals surface area contributed by atoms with Crippen LogP contribution < -0.4 is 10.2 Å². The summed E-state index contributed by atoms with van der Waals surface area (Å²) in [5.74, 6) is 0.322. The fourth-order valence-electron chi connectivity index (χ4n) is 4.15. The van der Waals surface area contributed by atoms with Gasteiger partial charge in [0.1, 0.15) is 0 Å². The lowest BCUT2D eigenvalue weighted by atomic mass is 9.90. The summed E-state index contributed by atoms with van der Waals surface area (Å²) >= 11 is 1.72. The van der Waals surface area contributed by atoms with E-state index in [1.54, 1.807) is 11.3 Å². The molecule has 1 saturated heterocycles. The summed E-state index contributed by atoms with van der Waals surface area (Å²) in [7, 11) is 0. The summed E-state index contributed by atoms with van der Waals surface area (Å²) in [5, 5.41) is 4.14. The molecule has 0 unspecified atom stereocenters. The van der Waals surface area contributed by atoms with E-state index in [1.165, 1.54) is 16.0 Å². The molecule has 30 heavy (non-hydrogen) atoms. The molecule has 2 aliphatic rings. The van der Waals surface area contributed by atoms with Crippen LogP contribution in [0.25, 0.3) is 0 Å². The first-order valence-corrected chi connectivity index (χ1v) is 11.7. The van der Waals surface area contributed by atoms with E-state index < -0.39 is 0 Å². The van der Waals surface area contributed by atoms with Crippen molar-refractivity contribution in [3.63, 3.8) is 0 Å². The molecule has 0 radical (unpaired) electrons. The van der Waals surface area contributed by atoms with Crippen molar-refractivity contribution in [1.29, 1.82) is 0 Å². The zero-order chi connectivity index (χ0) is 21.3. The third kappa shape index (κ3) is 4.36. The summed E-state index contributed by atoms with van der Waals surface area (Å²) < 4.78 is 0. The van der Waals surface area contributed by atoms with Gasteiger partial charge in [-0.15, -0.1) is 11.3 Å². The Morgan fingerprint density at radius 3 is 2.63 bits per heavy atom. The monoisotopic (exact) mass is 426 g/mol. The molecule has 0 bridgehead atoms. The minimum Gasteiger partial charge on any atom is -0.345 e. The summed E-state index contributed by atoms with van der Waals surface area (Å²) in [6.07, 6.45) is 3.02. The van der Waals surface area contributed by atoms with E-state index >= 15 is 0 Å². The van der Waals surface area contributed by atoms with Gasteiger partial charge in [-0.2, -0.15) is 0 Å². The molecule has 160 valence electrons. The Morgan fingerprint density at radius 1 is 1.17 bits per heavy atom. The number of carbonyl (C=O) groups is 2. The van der Waals surface area contributed by atoms with E-state index in [9.17, 15) is 9.59 Å². The van der Waals surface area contributed by atoms with Gasteiger partial charge in [0.2, 0.25) is 11.8 Å². The van der Waals surface area contributed by atoms with E-state index in [0.717, 1.165) is 62.0 Å². The third-order valence-electron chi connectivity index (χ3n) is 6.28. The average molecular weight is 427 g/mol. The molecular weight excluding hydrogens is 396 g/mol. The summed E-state index contributed by atoms with van der Waals surface area (Å²) in [6.45, 7) is 9.23. The summed E-state index contributed by atoms with van der Waals surface area (Å²) in [5.41, 5.74) is 4.44. The van der Waals surface area contributed by atoms with Gasteiger partial charge in [-0.05, 0) is 56.4 Å². The highest BCUT2D eigenvalue weighted by atomic mass is 32.1. The third-order valence-corrected chi connectivity index (χ3v) is 7.46. The maximum atomic E-state index is 12.8. The molecule has 1 aromatic carbocycles. The van der Waals surface area contributed by atoms with Crippen LogP contribution in [0.2, 0.25) is 0 Å². The molecule has 1 N–H and O–H groups in total. The summed E-state index contributed by atoms with van der Waals surface area (Å²) in [6, 6.07) is 6.06. The van der Waals surface area contributed by atoms with Crippen molar-refractivity contribution in [2.24, 2.45) is 5.92 Å². The van der Waals surface area contributed by atoms with E-state index in [0.29, 0.717) is 6.42 Å². The van der Waals surface area contributed by atoms with Crippen molar-refractivity contribution >= 4 is 34.0 Å². The van der Waals surface area contributed by atoms with Crippen LogP contribution >= 0.6 is 11.3 Å². The molecule has 1 aliphatic heterocycles. The number of aromatic nitrogens is 1. The number of hydrogen-bond donors (Lipinski definition) is 1. The zero-order valence-corrected chi connectivity index (χ0v) is 18.8. The van der Waals surface area contributed by atoms with E-state index in [-0.39, 0.29) is 17.7 Å². The van der Waals surface area contributed by atoms with Crippen molar-refractivity contribution in [3.8, 4) is 0 Å². The molecule has 1 atom stereocenters. The minimum absolute atomic E-state index is 0.00793. The highest BCUT2D eigenvalue weighted by Gasteiger charge is 2.29. The molecule has 4 rings (SSSR count). The lowest BCUT2D eigenvalue weighted by Gasteiger charge is -2.34. The molecular formula is C23H30N4O2S. The number of benzene rings is 1. The van der Waals surface area contributed by atoms with Crippen LogP contribution in [0.15, 0.2) is 18.2 Å².